The molecule has 1 fully saturated rings. The fraction of sp³-hybridized carbons (Fsp3) is 0.500. The van der Waals surface area contributed by atoms with Crippen molar-refractivity contribution in [3.05, 3.63) is 35.2 Å². The number of aromatic nitrogens is 1. The number of aryl methyl sites for hydroxylation is 2. The second-order valence-electron chi connectivity index (χ2n) is 7.24. The smallest absolute Gasteiger partial charge is 0.248 e. The average Bonchev–Trinajstić information content (AvgIpc) is 3.10. The molecule has 0 unspecified atom stereocenters. The molecular weight excluding hydrogens is 410 g/mol. The number of nitrogens with zero attached hydrogens (tertiary/aromatic N) is 2. The third kappa shape index (κ3) is 4.44. The Labute approximate surface area is 176 Å². The molecule has 2 heterocycles. The fourth-order valence-electron chi connectivity index (χ4n) is 3.65. The van der Waals surface area contributed by atoms with Gasteiger partial charge in [0.25, 0.3) is 0 Å². The summed E-state index contributed by atoms with van der Waals surface area (Å²) in [7, 11) is -0.552. The first-order chi connectivity index (χ1) is 14.3. The molecule has 0 spiro atoms. The number of carbonyl (C=O) groups excluding carboxylic acids is 1. The van der Waals surface area contributed by atoms with Crippen LogP contribution < -0.4 is 14.8 Å². The number of amides is 1. The normalized spacial score (nSPS) is 15.7. The lowest BCUT2D eigenvalue weighted by molar-refractivity contribution is -0.126. The van der Waals surface area contributed by atoms with Gasteiger partial charge in [0.05, 0.1) is 14.2 Å². The largest absolute Gasteiger partial charge is 0.493 e. The van der Waals surface area contributed by atoms with Crippen molar-refractivity contribution in [1.82, 2.24) is 14.8 Å². The lowest BCUT2D eigenvalue weighted by Gasteiger charge is -2.30. The Bertz CT molecular complexity index is 990. The number of carbonyl (C=O) groups is 1. The van der Waals surface area contributed by atoms with E-state index in [-0.39, 0.29) is 35.6 Å². The van der Waals surface area contributed by atoms with Crippen LogP contribution in [0.1, 0.15) is 29.9 Å². The number of piperidine rings is 1. The third-order valence-corrected chi connectivity index (χ3v) is 7.45. The molecule has 2 aromatic rings. The van der Waals surface area contributed by atoms with Crippen LogP contribution in [0.3, 0.4) is 0 Å². The van der Waals surface area contributed by atoms with Crippen LogP contribution in [-0.2, 0) is 21.4 Å². The van der Waals surface area contributed by atoms with Gasteiger partial charge < -0.3 is 19.3 Å². The minimum Gasteiger partial charge on any atom is -0.493 e. The van der Waals surface area contributed by atoms with Gasteiger partial charge in [0.2, 0.25) is 15.9 Å². The van der Waals surface area contributed by atoms with Crippen LogP contribution in [0.5, 0.6) is 11.5 Å². The van der Waals surface area contributed by atoms with Crippen molar-refractivity contribution in [3.8, 4) is 11.5 Å². The summed E-state index contributed by atoms with van der Waals surface area (Å²) in [6, 6.07) is 5.47. The molecule has 1 amide bonds. The molecule has 3 rings (SSSR count). The zero-order valence-corrected chi connectivity index (χ0v) is 18.4. The molecule has 164 valence electrons. The van der Waals surface area contributed by atoms with E-state index >= 15 is 0 Å². The summed E-state index contributed by atoms with van der Waals surface area (Å²) in [5.74, 6) is 1.18. The van der Waals surface area contributed by atoms with Crippen molar-refractivity contribution in [1.29, 1.82) is 0 Å². The van der Waals surface area contributed by atoms with Crippen LogP contribution in [-0.4, -0.2) is 51.1 Å². The molecule has 1 aliphatic rings. The van der Waals surface area contributed by atoms with Gasteiger partial charge in [-0.05, 0) is 44.4 Å². The molecule has 1 N–H and O–H groups in total. The van der Waals surface area contributed by atoms with Crippen molar-refractivity contribution in [2.75, 3.05) is 27.3 Å². The second-order valence-corrected chi connectivity index (χ2v) is 9.11. The number of benzene rings is 1. The fourth-order valence-corrected chi connectivity index (χ4v) is 5.42. The van der Waals surface area contributed by atoms with Crippen LogP contribution in [0.15, 0.2) is 27.6 Å². The first-order valence-corrected chi connectivity index (χ1v) is 11.1. The van der Waals surface area contributed by atoms with E-state index in [2.05, 4.69) is 10.5 Å². The maximum atomic E-state index is 12.9. The van der Waals surface area contributed by atoms with E-state index in [1.54, 1.807) is 34.1 Å². The summed E-state index contributed by atoms with van der Waals surface area (Å²) in [5.41, 5.74) is 1.24. The second kappa shape index (κ2) is 9.05. The lowest BCUT2D eigenvalue weighted by Crippen LogP contribution is -2.43. The van der Waals surface area contributed by atoms with Gasteiger partial charge in [-0.3, -0.25) is 4.79 Å². The van der Waals surface area contributed by atoms with Gasteiger partial charge in [-0.1, -0.05) is 11.2 Å². The molecule has 0 saturated carbocycles. The summed E-state index contributed by atoms with van der Waals surface area (Å²) in [6.07, 6.45) is 0.917. The summed E-state index contributed by atoms with van der Waals surface area (Å²) in [4.78, 5) is 12.7. The molecule has 30 heavy (non-hydrogen) atoms. The number of methoxy groups -OCH3 is 2. The zero-order chi connectivity index (χ0) is 21.9. The van der Waals surface area contributed by atoms with Crippen LogP contribution in [0, 0.1) is 19.8 Å². The maximum Gasteiger partial charge on any atom is 0.248 e. The molecule has 0 atom stereocenters. The number of nitrogens with one attached hydrogen (secondary N) is 1. The summed E-state index contributed by atoms with van der Waals surface area (Å²) in [5, 5.41) is 6.66. The molecule has 0 aliphatic carbocycles. The molecule has 10 heteroatoms. The molecule has 0 radical (unpaired) electrons. The Kier molecular flexibility index (Phi) is 6.67. The number of ether oxygens (including phenoxy) is 2. The van der Waals surface area contributed by atoms with E-state index in [4.69, 9.17) is 14.0 Å². The zero-order valence-electron chi connectivity index (χ0n) is 17.6. The highest BCUT2D eigenvalue weighted by atomic mass is 32.2. The monoisotopic (exact) mass is 437 g/mol. The first kappa shape index (κ1) is 22.1. The van der Waals surface area contributed by atoms with Crippen LogP contribution in [0.25, 0.3) is 0 Å². The minimum absolute atomic E-state index is 0.0841. The standard InChI is InChI=1S/C20H27N3O6S/c1-13-19(14(2)29-22-13)30(25,26)23-9-7-16(8-10-23)20(24)21-12-15-5-6-17(27-3)18(11-15)28-4/h5-6,11,16H,7-10,12H2,1-4H3,(H,21,24). The van der Waals surface area contributed by atoms with Crippen molar-refractivity contribution in [3.63, 3.8) is 0 Å². The van der Waals surface area contributed by atoms with Crippen LogP contribution in [0.4, 0.5) is 0 Å². The molecular formula is C20H27N3O6S. The predicted molar refractivity (Wildman–Crippen MR) is 109 cm³/mol. The summed E-state index contributed by atoms with van der Waals surface area (Å²) < 4.78 is 42.7. The molecule has 9 nitrogen and oxygen atoms in total. The molecule has 1 saturated heterocycles. The van der Waals surface area contributed by atoms with Gasteiger partial charge in [0.1, 0.15) is 10.6 Å². The topological polar surface area (TPSA) is 111 Å². The van der Waals surface area contributed by atoms with E-state index in [0.29, 0.717) is 36.6 Å². The van der Waals surface area contributed by atoms with Gasteiger partial charge >= 0.3 is 0 Å². The Hall–Kier alpha value is -2.59. The summed E-state index contributed by atoms with van der Waals surface area (Å²) >= 11 is 0. The summed E-state index contributed by atoms with van der Waals surface area (Å²) in [6.45, 7) is 4.11. The van der Waals surface area contributed by atoms with Crippen molar-refractivity contribution < 1.29 is 27.2 Å². The van der Waals surface area contributed by atoms with Gasteiger partial charge in [-0.2, -0.15) is 4.31 Å². The Morgan fingerprint density at radius 2 is 1.87 bits per heavy atom. The molecule has 1 aliphatic heterocycles. The molecule has 0 bridgehead atoms. The van der Waals surface area contributed by atoms with Crippen molar-refractivity contribution >= 4 is 15.9 Å². The minimum atomic E-state index is -3.68. The third-order valence-electron chi connectivity index (χ3n) is 5.31. The maximum absolute atomic E-state index is 12.9. The van der Waals surface area contributed by atoms with E-state index in [1.807, 2.05) is 12.1 Å². The van der Waals surface area contributed by atoms with E-state index in [1.165, 1.54) is 4.31 Å². The highest BCUT2D eigenvalue weighted by Crippen LogP contribution is 2.29. The lowest BCUT2D eigenvalue weighted by atomic mass is 9.97. The number of rotatable bonds is 7. The van der Waals surface area contributed by atoms with Gasteiger partial charge in [-0.15, -0.1) is 0 Å². The van der Waals surface area contributed by atoms with Crippen LogP contribution in [0.2, 0.25) is 0 Å². The first-order valence-electron chi connectivity index (χ1n) is 9.69. The number of hydrogen-bond acceptors (Lipinski definition) is 7. The Balaban J connectivity index is 1.57. The number of sulfonamides is 1. The van der Waals surface area contributed by atoms with Gasteiger partial charge in [0, 0.05) is 25.6 Å². The van der Waals surface area contributed by atoms with E-state index in [0.717, 1.165) is 5.56 Å². The van der Waals surface area contributed by atoms with Crippen molar-refractivity contribution in [2.24, 2.45) is 5.92 Å². The quantitative estimate of drug-likeness (QED) is 0.705. The van der Waals surface area contributed by atoms with Crippen molar-refractivity contribution in [2.45, 2.75) is 38.1 Å². The van der Waals surface area contributed by atoms with E-state index in [9.17, 15) is 13.2 Å². The molecule has 1 aromatic heterocycles. The predicted octanol–water partition coefficient (Wildman–Crippen LogP) is 2.03. The highest BCUT2D eigenvalue weighted by Gasteiger charge is 2.35. The van der Waals surface area contributed by atoms with E-state index < -0.39 is 10.0 Å². The Morgan fingerprint density at radius 3 is 2.43 bits per heavy atom. The highest BCUT2D eigenvalue weighted by molar-refractivity contribution is 7.89. The molecule has 1 aromatic carbocycles. The number of hydrogen-bond donors (Lipinski definition) is 1. The van der Waals surface area contributed by atoms with Crippen LogP contribution >= 0.6 is 0 Å². The Morgan fingerprint density at radius 1 is 1.20 bits per heavy atom. The average molecular weight is 438 g/mol. The van der Waals surface area contributed by atoms with Gasteiger partial charge in [0.15, 0.2) is 17.3 Å². The SMILES string of the molecule is COc1ccc(CNC(=O)C2CCN(S(=O)(=O)c3c(C)noc3C)CC2)cc1OC. The van der Waals surface area contributed by atoms with Gasteiger partial charge in [-0.25, -0.2) is 8.42 Å².